The summed E-state index contributed by atoms with van der Waals surface area (Å²) in [6, 6.07) is 12.2. The number of Topliss-reactive ketones (excluding diaryl/α,β-unsaturated/α-hetero) is 1. The van der Waals surface area contributed by atoms with Gasteiger partial charge >= 0.3 is 0 Å². The van der Waals surface area contributed by atoms with Crippen LogP contribution in [0.3, 0.4) is 0 Å². The van der Waals surface area contributed by atoms with E-state index in [4.69, 9.17) is 0 Å². The van der Waals surface area contributed by atoms with Crippen LogP contribution in [0.25, 0.3) is 54.9 Å². The SMILES string of the molecule is CC(=O)c1ccc(-c2ccnc3[nH]c(-c4n[nH]c5cc(I)c(-c6cnn(C)c6)cc45)cc23)s1. The summed E-state index contributed by atoms with van der Waals surface area (Å²) < 4.78 is 2.93. The lowest BCUT2D eigenvalue weighted by Gasteiger charge is -2.03. The van der Waals surface area contributed by atoms with Gasteiger partial charge in [-0.15, -0.1) is 11.3 Å². The number of rotatable bonds is 4. The average Bonchev–Trinajstić information content (AvgIpc) is 3.57. The lowest BCUT2D eigenvalue weighted by atomic mass is 10.0. The molecule has 0 fully saturated rings. The maximum Gasteiger partial charge on any atom is 0.169 e. The van der Waals surface area contributed by atoms with Gasteiger partial charge in [0.2, 0.25) is 0 Å². The molecule has 162 valence electrons. The Kier molecular flexibility index (Phi) is 4.70. The fraction of sp³-hybridized carbons (Fsp3) is 0.0833. The first-order chi connectivity index (χ1) is 16.0. The van der Waals surface area contributed by atoms with E-state index in [1.165, 1.54) is 11.3 Å². The van der Waals surface area contributed by atoms with Gasteiger partial charge in [0.05, 0.1) is 22.3 Å². The van der Waals surface area contributed by atoms with Gasteiger partial charge < -0.3 is 4.98 Å². The minimum absolute atomic E-state index is 0.0772. The minimum atomic E-state index is 0.0772. The Morgan fingerprint density at radius 3 is 2.76 bits per heavy atom. The summed E-state index contributed by atoms with van der Waals surface area (Å²) in [5, 5.41) is 14.1. The number of H-pyrrole nitrogens is 2. The molecular formula is C24H17IN6OS. The zero-order valence-corrected chi connectivity index (χ0v) is 20.7. The quantitative estimate of drug-likeness (QED) is 0.202. The molecule has 6 aromatic rings. The molecule has 0 aliphatic heterocycles. The molecule has 0 spiro atoms. The number of nitrogens with zero attached hydrogens (tertiary/aromatic N) is 4. The molecule has 33 heavy (non-hydrogen) atoms. The summed E-state index contributed by atoms with van der Waals surface area (Å²) in [7, 11) is 1.92. The van der Waals surface area contributed by atoms with Gasteiger partial charge in [0.15, 0.2) is 5.78 Å². The summed E-state index contributed by atoms with van der Waals surface area (Å²) in [6.07, 6.45) is 5.67. The van der Waals surface area contributed by atoms with E-state index in [0.29, 0.717) is 0 Å². The highest BCUT2D eigenvalue weighted by Gasteiger charge is 2.17. The van der Waals surface area contributed by atoms with Crippen LogP contribution >= 0.6 is 33.9 Å². The predicted molar refractivity (Wildman–Crippen MR) is 139 cm³/mol. The number of ketones is 1. The van der Waals surface area contributed by atoms with Crippen LogP contribution in [-0.2, 0) is 7.05 Å². The smallest absolute Gasteiger partial charge is 0.169 e. The number of aromatic nitrogens is 6. The highest BCUT2D eigenvalue weighted by molar-refractivity contribution is 14.1. The van der Waals surface area contributed by atoms with E-state index in [1.54, 1.807) is 17.8 Å². The van der Waals surface area contributed by atoms with Gasteiger partial charge in [0, 0.05) is 49.8 Å². The normalized spacial score (nSPS) is 11.6. The Morgan fingerprint density at radius 2 is 2.00 bits per heavy atom. The van der Waals surface area contributed by atoms with Gasteiger partial charge in [-0.2, -0.15) is 10.2 Å². The van der Waals surface area contributed by atoms with E-state index in [0.717, 1.165) is 63.3 Å². The zero-order chi connectivity index (χ0) is 22.7. The Bertz CT molecular complexity index is 1690. The molecule has 0 saturated carbocycles. The highest BCUT2D eigenvalue weighted by atomic mass is 127. The monoisotopic (exact) mass is 564 g/mol. The Labute approximate surface area is 206 Å². The second-order valence-corrected chi connectivity index (χ2v) is 10.1. The molecular weight excluding hydrogens is 547 g/mol. The minimum Gasteiger partial charge on any atom is -0.338 e. The number of carbonyl (C=O) groups is 1. The molecule has 0 bridgehead atoms. The number of aromatic amines is 2. The van der Waals surface area contributed by atoms with Gasteiger partial charge in [-0.1, -0.05) is 0 Å². The number of aryl methyl sites for hydroxylation is 1. The molecule has 1 aromatic carbocycles. The highest BCUT2D eigenvalue weighted by Crippen LogP contribution is 2.37. The van der Waals surface area contributed by atoms with Crippen molar-refractivity contribution in [2.45, 2.75) is 6.92 Å². The molecule has 5 aromatic heterocycles. The van der Waals surface area contributed by atoms with Crippen molar-refractivity contribution in [3.05, 3.63) is 63.4 Å². The molecule has 7 nitrogen and oxygen atoms in total. The van der Waals surface area contributed by atoms with Crippen molar-refractivity contribution >= 4 is 61.6 Å². The van der Waals surface area contributed by atoms with Crippen molar-refractivity contribution in [2.75, 3.05) is 0 Å². The van der Waals surface area contributed by atoms with Crippen molar-refractivity contribution in [2.24, 2.45) is 7.05 Å². The Morgan fingerprint density at radius 1 is 1.12 bits per heavy atom. The Balaban J connectivity index is 1.51. The molecule has 0 unspecified atom stereocenters. The fourth-order valence-electron chi connectivity index (χ4n) is 4.07. The van der Waals surface area contributed by atoms with Crippen LogP contribution in [0.5, 0.6) is 0 Å². The number of nitrogens with one attached hydrogen (secondary N) is 2. The number of thiophene rings is 1. The van der Waals surface area contributed by atoms with Crippen LogP contribution < -0.4 is 0 Å². The molecule has 0 radical (unpaired) electrons. The van der Waals surface area contributed by atoms with Gasteiger partial charge in [-0.3, -0.25) is 14.6 Å². The summed E-state index contributed by atoms with van der Waals surface area (Å²) in [4.78, 5) is 21.5. The van der Waals surface area contributed by atoms with Crippen molar-refractivity contribution in [1.82, 2.24) is 29.9 Å². The van der Waals surface area contributed by atoms with Crippen LogP contribution in [0.15, 0.2) is 55.0 Å². The first-order valence-electron chi connectivity index (χ1n) is 10.2. The third kappa shape index (κ3) is 3.39. The molecule has 6 rings (SSSR count). The summed E-state index contributed by atoms with van der Waals surface area (Å²) in [5.41, 5.74) is 6.71. The molecule has 5 heterocycles. The third-order valence-electron chi connectivity index (χ3n) is 5.67. The van der Waals surface area contributed by atoms with Crippen LogP contribution in [-0.4, -0.2) is 35.7 Å². The van der Waals surface area contributed by atoms with E-state index in [2.05, 4.69) is 66.1 Å². The maximum absolute atomic E-state index is 11.8. The van der Waals surface area contributed by atoms with E-state index in [-0.39, 0.29) is 5.78 Å². The molecule has 2 N–H and O–H groups in total. The van der Waals surface area contributed by atoms with E-state index >= 15 is 0 Å². The first kappa shape index (κ1) is 20.3. The lowest BCUT2D eigenvalue weighted by Crippen LogP contribution is -1.85. The molecule has 0 atom stereocenters. The van der Waals surface area contributed by atoms with E-state index < -0.39 is 0 Å². The van der Waals surface area contributed by atoms with Gasteiger partial charge in [0.1, 0.15) is 11.3 Å². The van der Waals surface area contributed by atoms with E-state index in [1.807, 2.05) is 37.6 Å². The predicted octanol–water partition coefficient (Wildman–Crippen LogP) is 6.04. The molecule has 0 aliphatic rings. The number of fused-ring (bicyclic) bond motifs is 2. The second-order valence-electron chi connectivity index (χ2n) is 7.88. The van der Waals surface area contributed by atoms with Crippen LogP contribution in [0.1, 0.15) is 16.6 Å². The number of halogens is 1. The van der Waals surface area contributed by atoms with Crippen LogP contribution in [0.2, 0.25) is 0 Å². The fourth-order valence-corrected chi connectivity index (χ4v) is 5.79. The van der Waals surface area contributed by atoms with Crippen molar-refractivity contribution in [1.29, 1.82) is 0 Å². The molecule has 0 amide bonds. The number of hydrogen-bond acceptors (Lipinski definition) is 5. The second kappa shape index (κ2) is 7.63. The molecule has 9 heteroatoms. The largest absolute Gasteiger partial charge is 0.338 e. The van der Waals surface area contributed by atoms with Crippen LogP contribution in [0, 0.1) is 3.57 Å². The molecule has 0 saturated heterocycles. The van der Waals surface area contributed by atoms with E-state index in [9.17, 15) is 4.79 Å². The van der Waals surface area contributed by atoms with Gasteiger partial charge in [0.25, 0.3) is 0 Å². The van der Waals surface area contributed by atoms with Crippen molar-refractivity contribution in [3.63, 3.8) is 0 Å². The third-order valence-corrected chi connectivity index (χ3v) is 7.78. The number of pyridine rings is 1. The summed E-state index contributed by atoms with van der Waals surface area (Å²) in [5.74, 6) is 0.0772. The summed E-state index contributed by atoms with van der Waals surface area (Å²) >= 11 is 3.85. The molecule has 0 aliphatic carbocycles. The number of hydrogen-bond donors (Lipinski definition) is 2. The standard InChI is InChI=1S/C24H17IN6OS/c1-12(32)21-3-4-22(33-21)14-5-6-26-24-16(14)8-20(28-24)23-17-7-15(13-10-27-31(2)11-13)18(25)9-19(17)29-30-23/h3-11H,1-2H3,(H,26,28)(H,29,30). The topological polar surface area (TPSA) is 92.2 Å². The lowest BCUT2D eigenvalue weighted by molar-refractivity contribution is 0.102. The summed E-state index contributed by atoms with van der Waals surface area (Å²) in [6.45, 7) is 1.59. The average molecular weight is 564 g/mol. The van der Waals surface area contributed by atoms with Crippen molar-refractivity contribution in [3.8, 4) is 33.0 Å². The van der Waals surface area contributed by atoms with Crippen molar-refractivity contribution < 1.29 is 4.79 Å². The zero-order valence-electron chi connectivity index (χ0n) is 17.7. The number of benzene rings is 1. The first-order valence-corrected chi connectivity index (χ1v) is 12.1. The Hall–Kier alpha value is -3.31. The van der Waals surface area contributed by atoms with Gasteiger partial charge in [-0.05, 0) is 71.5 Å². The van der Waals surface area contributed by atoms with Crippen LogP contribution in [0.4, 0.5) is 0 Å². The maximum atomic E-state index is 11.8. The number of carbonyl (C=O) groups excluding carboxylic acids is 1. The van der Waals surface area contributed by atoms with Gasteiger partial charge in [-0.25, -0.2) is 4.98 Å².